The number of ether oxygens (including phenoxy) is 1. The molecule has 3 rings (SSSR count). The lowest BCUT2D eigenvalue weighted by Gasteiger charge is -2.54. The molecular formula is C19H33NO2. The van der Waals surface area contributed by atoms with E-state index in [9.17, 15) is 4.79 Å². The van der Waals surface area contributed by atoms with Crippen LogP contribution < -0.4 is 5.32 Å². The van der Waals surface area contributed by atoms with Crippen molar-refractivity contribution in [2.45, 2.75) is 78.9 Å². The highest BCUT2D eigenvalue weighted by atomic mass is 16.5. The predicted octanol–water partition coefficient (Wildman–Crippen LogP) is 3.77. The summed E-state index contributed by atoms with van der Waals surface area (Å²) >= 11 is 0. The van der Waals surface area contributed by atoms with E-state index < -0.39 is 0 Å². The Bertz CT molecular complexity index is 443. The molecule has 0 aromatic carbocycles. The van der Waals surface area contributed by atoms with Crippen molar-refractivity contribution in [1.82, 2.24) is 5.32 Å². The fourth-order valence-corrected chi connectivity index (χ4v) is 6.26. The Balaban J connectivity index is 1.93. The summed E-state index contributed by atoms with van der Waals surface area (Å²) in [6.07, 6.45) is 6.51. The molecule has 22 heavy (non-hydrogen) atoms. The van der Waals surface area contributed by atoms with Gasteiger partial charge in [-0.15, -0.1) is 0 Å². The summed E-state index contributed by atoms with van der Waals surface area (Å²) in [5.74, 6) is 2.17. The first-order valence-electron chi connectivity index (χ1n) is 9.25. The van der Waals surface area contributed by atoms with Gasteiger partial charge < -0.3 is 10.1 Å². The van der Waals surface area contributed by atoms with Crippen molar-refractivity contribution in [1.29, 1.82) is 0 Å². The van der Waals surface area contributed by atoms with Crippen LogP contribution in [0.25, 0.3) is 0 Å². The predicted molar refractivity (Wildman–Crippen MR) is 88.5 cm³/mol. The van der Waals surface area contributed by atoms with Gasteiger partial charge in [0, 0.05) is 19.6 Å². The molecule has 1 saturated heterocycles. The molecule has 2 saturated carbocycles. The molecule has 1 amide bonds. The fraction of sp³-hybridized carbons (Fsp3) is 0.947. The molecule has 1 spiro atoms. The summed E-state index contributed by atoms with van der Waals surface area (Å²) in [6.45, 7) is 11.9. The van der Waals surface area contributed by atoms with Crippen molar-refractivity contribution in [3.05, 3.63) is 0 Å². The molecule has 126 valence electrons. The van der Waals surface area contributed by atoms with Gasteiger partial charge in [0.2, 0.25) is 5.91 Å². The number of amides is 1. The summed E-state index contributed by atoms with van der Waals surface area (Å²) in [5.41, 5.74) is 0.503. The molecule has 0 unspecified atom stereocenters. The number of hydrogen-bond donors (Lipinski definition) is 1. The van der Waals surface area contributed by atoms with Crippen LogP contribution in [0.2, 0.25) is 0 Å². The minimum absolute atomic E-state index is 0.129. The highest BCUT2D eigenvalue weighted by Gasteiger charge is 2.68. The molecule has 0 radical (unpaired) electrons. The van der Waals surface area contributed by atoms with Crippen molar-refractivity contribution < 1.29 is 9.53 Å². The van der Waals surface area contributed by atoms with Crippen molar-refractivity contribution in [3.8, 4) is 0 Å². The zero-order chi connectivity index (χ0) is 16.1. The number of nitrogens with one attached hydrogen (secondary N) is 1. The molecule has 3 aliphatic rings. The number of carbonyl (C=O) groups excluding carboxylic acids is 1. The van der Waals surface area contributed by atoms with Crippen LogP contribution >= 0.6 is 0 Å². The van der Waals surface area contributed by atoms with Crippen molar-refractivity contribution >= 4 is 5.91 Å². The lowest BCUT2D eigenvalue weighted by Crippen LogP contribution is -2.60. The molecule has 2 bridgehead atoms. The first kappa shape index (κ1) is 16.3. The van der Waals surface area contributed by atoms with Crippen LogP contribution in [0.3, 0.4) is 0 Å². The first-order chi connectivity index (χ1) is 10.4. The van der Waals surface area contributed by atoms with Crippen molar-refractivity contribution in [3.63, 3.8) is 0 Å². The largest absolute Gasteiger partial charge is 0.378 e. The van der Waals surface area contributed by atoms with Crippen LogP contribution in [0.1, 0.15) is 66.7 Å². The fourth-order valence-electron chi connectivity index (χ4n) is 6.26. The standard InChI is InChI=1S/C19H33NO2/c1-6-13(7-2)16-15-10-14-11-19(15,8-9-22-16)17(18(14,4)5)20-12(3)21/h13-17H,6-11H2,1-5H3,(H,20,21)/t14-,15-,16-,17-,19-/m1/s1. The minimum Gasteiger partial charge on any atom is -0.378 e. The van der Waals surface area contributed by atoms with Crippen LogP contribution in [0, 0.1) is 28.6 Å². The zero-order valence-electron chi connectivity index (χ0n) is 14.9. The highest BCUT2D eigenvalue weighted by molar-refractivity contribution is 5.73. The summed E-state index contributed by atoms with van der Waals surface area (Å²) in [5, 5.41) is 3.35. The molecule has 2 aliphatic carbocycles. The molecule has 3 fully saturated rings. The van der Waals surface area contributed by atoms with Gasteiger partial charge in [-0.2, -0.15) is 0 Å². The summed E-state index contributed by atoms with van der Waals surface area (Å²) in [4.78, 5) is 11.8. The Labute approximate surface area is 135 Å². The lowest BCUT2D eigenvalue weighted by molar-refractivity contribution is -0.147. The quantitative estimate of drug-likeness (QED) is 0.858. The molecule has 3 nitrogen and oxygen atoms in total. The number of rotatable bonds is 4. The third-order valence-electron chi connectivity index (χ3n) is 7.41. The van der Waals surface area contributed by atoms with Gasteiger partial charge in [0.25, 0.3) is 0 Å². The molecule has 5 atom stereocenters. The van der Waals surface area contributed by atoms with E-state index in [4.69, 9.17) is 4.74 Å². The second-order valence-corrected chi connectivity index (χ2v) is 8.59. The van der Waals surface area contributed by atoms with Gasteiger partial charge in [0.05, 0.1) is 6.10 Å². The van der Waals surface area contributed by atoms with E-state index in [2.05, 4.69) is 33.0 Å². The molecule has 1 aliphatic heterocycles. The first-order valence-corrected chi connectivity index (χ1v) is 9.25. The molecule has 1 N–H and O–H groups in total. The van der Waals surface area contributed by atoms with Crippen LogP contribution in [-0.2, 0) is 9.53 Å². The van der Waals surface area contributed by atoms with Crippen LogP contribution in [-0.4, -0.2) is 24.7 Å². The molecule has 0 aromatic rings. The summed E-state index contributed by atoms with van der Waals surface area (Å²) in [6, 6.07) is 0.321. The average molecular weight is 307 g/mol. The Hall–Kier alpha value is -0.570. The van der Waals surface area contributed by atoms with Gasteiger partial charge in [0.1, 0.15) is 0 Å². The normalized spacial score (nSPS) is 42.5. The summed E-state index contributed by atoms with van der Waals surface area (Å²) < 4.78 is 6.29. The van der Waals surface area contributed by atoms with Gasteiger partial charge in [-0.1, -0.05) is 40.5 Å². The molecule has 3 heteroatoms. The Morgan fingerprint density at radius 1 is 1.32 bits per heavy atom. The third kappa shape index (κ3) is 2.15. The topological polar surface area (TPSA) is 38.3 Å². The SMILES string of the molecule is CCC(CC)[C@H]1OCC[C@@]23C[C@@H](C[C@H]12)C(C)(C)[C@H]3NC(C)=O. The average Bonchev–Trinajstić information content (AvgIpc) is 2.94. The maximum Gasteiger partial charge on any atom is 0.217 e. The van der Waals surface area contributed by atoms with Gasteiger partial charge in [-0.3, -0.25) is 4.79 Å². The lowest BCUT2D eigenvalue weighted by atomic mass is 9.58. The van der Waals surface area contributed by atoms with Crippen LogP contribution in [0.15, 0.2) is 0 Å². The zero-order valence-corrected chi connectivity index (χ0v) is 14.9. The monoisotopic (exact) mass is 307 g/mol. The van der Waals surface area contributed by atoms with Gasteiger partial charge in [0.15, 0.2) is 0 Å². The Kier molecular flexibility index (Phi) is 4.08. The second kappa shape index (κ2) is 5.51. The van der Waals surface area contributed by atoms with E-state index in [1.165, 1.54) is 25.7 Å². The van der Waals surface area contributed by atoms with E-state index in [1.807, 2.05) is 0 Å². The van der Waals surface area contributed by atoms with Gasteiger partial charge in [-0.25, -0.2) is 0 Å². The molecule has 1 heterocycles. The van der Waals surface area contributed by atoms with Crippen LogP contribution in [0.5, 0.6) is 0 Å². The number of carbonyl (C=O) groups is 1. The maximum absolute atomic E-state index is 11.8. The van der Waals surface area contributed by atoms with Gasteiger partial charge in [-0.05, 0) is 47.8 Å². The van der Waals surface area contributed by atoms with E-state index in [0.717, 1.165) is 18.9 Å². The van der Waals surface area contributed by atoms with Crippen LogP contribution in [0.4, 0.5) is 0 Å². The molecular weight excluding hydrogens is 274 g/mol. The Morgan fingerprint density at radius 3 is 2.59 bits per heavy atom. The third-order valence-corrected chi connectivity index (χ3v) is 7.41. The van der Waals surface area contributed by atoms with E-state index in [1.54, 1.807) is 6.92 Å². The number of hydrogen-bond acceptors (Lipinski definition) is 2. The van der Waals surface area contributed by atoms with Crippen molar-refractivity contribution in [2.24, 2.45) is 28.6 Å². The maximum atomic E-state index is 11.8. The van der Waals surface area contributed by atoms with Crippen molar-refractivity contribution in [2.75, 3.05) is 6.61 Å². The van der Waals surface area contributed by atoms with E-state index >= 15 is 0 Å². The number of fused-ring (bicyclic) bond motifs is 1. The van der Waals surface area contributed by atoms with Gasteiger partial charge >= 0.3 is 0 Å². The second-order valence-electron chi connectivity index (χ2n) is 8.59. The Morgan fingerprint density at radius 2 is 2.00 bits per heavy atom. The van der Waals surface area contributed by atoms with E-state index in [0.29, 0.717) is 24.0 Å². The van der Waals surface area contributed by atoms with E-state index in [-0.39, 0.29) is 16.7 Å². The molecule has 0 aromatic heterocycles. The minimum atomic E-state index is 0.129. The highest BCUT2D eigenvalue weighted by Crippen LogP contribution is 2.69. The summed E-state index contributed by atoms with van der Waals surface area (Å²) in [7, 11) is 0. The smallest absolute Gasteiger partial charge is 0.217 e.